The molecule has 1 aromatic heterocycles. The van der Waals surface area contributed by atoms with Crippen LogP contribution in [0.5, 0.6) is 0 Å². The number of aryl methyl sites for hydroxylation is 1. The third-order valence-electron chi connectivity index (χ3n) is 5.34. The molecule has 0 radical (unpaired) electrons. The summed E-state index contributed by atoms with van der Waals surface area (Å²) in [6, 6.07) is 10.1. The van der Waals surface area contributed by atoms with Crippen LogP contribution in [0.2, 0.25) is 0 Å². The van der Waals surface area contributed by atoms with Gasteiger partial charge in [-0.3, -0.25) is 4.98 Å². The highest BCUT2D eigenvalue weighted by Gasteiger charge is 2.24. The number of amidine groups is 1. The lowest BCUT2D eigenvalue weighted by Gasteiger charge is -2.19. The second kappa shape index (κ2) is 8.63. The SMILES string of the molecule is C=C1C=C(c2ccc(CNF)nc2)N=C(c2cc(CNC(=C)C3CC3)ccc2C)N1. The van der Waals surface area contributed by atoms with Gasteiger partial charge in [-0.25, -0.2) is 4.99 Å². The van der Waals surface area contributed by atoms with Gasteiger partial charge in [0.15, 0.2) is 0 Å². The van der Waals surface area contributed by atoms with E-state index in [1.54, 1.807) is 17.8 Å². The topological polar surface area (TPSA) is 61.3 Å². The average Bonchev–Trinajstić information content (AvgIpc) is 3.59. The summed E-state index contributed by atoms with van der Waals surface area (Å²) in [7, 11) is 0. The Bertz CT molecular complexity index is 1030. The number of aromatic nitrogens is 1. The molecule has 1 aliphatic heterocycles. The maximum absolute atomic E-state index is 12.3. The van der Waals surface area contributed by atoms with Crippen LogP contribution in [0, 0.1) is 12.8 Å². The average molecular weight is 404 g/mol. The second-order valence-electron chi connectivity index (χ2n) is 7.79. The minimum absolute atomic E-state index is 0.0787. The van der Waals surface area contributed by atoms with Crippen molar-refractivity contribution < 1.29 is 4.48 Å². The zero-order chi connectivity index (χ0) is 21.1. The minimum Gasteiger partial charge on any atom is -0.385 e. The number of nitrogens with one attached hydrogen (secondary N) is 3. The number of hydrogen-bond donors (Lipinski definition) is 3. The van der Waals surface area contributed by atoms with E-state index in [1.165, 1.54) is 18.4 Å². The molecule has 1 fully saturated rings. The van der Waals surface area contributed by atoms with Crippen molar-refractivity contribution >= 4 is 11.5 Å². The van der Waals surface area contributed by atoms with Crippen molar-refractivity contribution in [3.8, 4) is 0 Å². The smallest absolute Gasteiger partial charge is 0.138 e. The predicted octanol–water partition coefficient (Wildman–Crippen LogP) is 4.28. The first-order chi connectivity index (χ1) is 14.5. The van der Waals surface area contributed by atoms with Crippen LogP contribution in [0.4, 0.5) is 4.48 Å². The highest BCUT2D eigenvalue weighted by Crippen LogP contribution is 2.34. The fraction of sp³-hybridized carbons (Fsp3) is 0.250. The summed E-state index contributed by atoms with van der Waals surface area (Å²) >= 11 is 0. The molecular weight excluding hydrogens is 377 g/mol. The van der Waals surface area contributed by atoms with E-state index in [4.69, 9.17) is 4.99 Å². The number of aliphatic imine (C=N–C) groups is 1. The van der Waals surface area contributed by atoms with Gasteiger partial charge in [0.1, 0.15) is 5.84 Å². The standard InChI is InChI=1S/C24H26FN5/c1-15-4-5-18(12-26-17(3)19-6-7-19)11-22(15)24-29-16(2)10-23(30-24)20-8-9-21(14-28-25)27-13-20/h4-5,8-11,13,19,26,28H,2-3,6-7,12,14H2,1H3,(H,29,30). The van der Waals surface area contributed by atoms with Crippen LogP contribution < -0.4 is 16.2 Å². The Labute approximate surface area is 176 Å². The zero-order valence-corrected chi connectivity index (χ0v) is 17.1. The van der Waals surface area contributed by atoms with Crippen LogP contribution in [-0.4, -0.2) is 10.8 Å². The van der Waals surface area contributed by atoms with Crippen molar-refractivity contribution in [1.29, 1.82) is 0 Å². The van der Waals surface area contributed by atoms with E-state index in [9.17, 15) is 4.48 Å². The Morgan fingerprint density at radius 3 is 2.77 bits per heavy atom. The second-order valence-corrected chi connectivity index (χ2v) is 7.79. The van der Waals surface area contributed by atoms with Gasteiger partial charge < -0.3 is 10.6 Å². The molecule has 6 heteroatoms. The Morgan fingerprint density at radius 1 is 1.23 bits per heavy atom. The number of nitrogens with zero attached hydrogens (tertiary/aromatic N) is 2. The van der Waals surface area contributed by atoms with Crippen molar-refractivity contribution in [3.63, 3.8) is 0 Å². The fourth-order valence-corrected chi connectivity index (χ4v) is 3.38. The summed E-state index contributed by atoms with van der Waals surface area (Å²) in [4.78, 5) is 9.10. The number of hydrogen-bond acceptors (Lipinski definition) is 5. The van der Waals surface area contributed by atoms with Gasteiger partial charge in [-0.1, -0.05) is 25.3 Å². The molecule has 3 N–H and O–H groups in total. The molecule has 1 saturated carbocycles. The van der Waals surface area contributed by atoms with Gasteiger partial charge >= 0.3 is 0 Å². The lowest BCUT2D eigenvalue weighted by atomic mass is 10.0. The molecule has 1 aliphatic carbocycles. The summed E-state index contributed by atoms with van der Waals surface area (Å²) in [6.45, 7) is 11.1. The van der Waals surface area contributed by atoms with Gasteiger partial charge in [-0.2, -0.15) is 5.54 Å². The van der Waals surface area contributed by atoms with E-state index in [1.807, 2.05) is 12.1 Å². The summed E-state index contributed by atoms with van der Waals surface area (Å²) < 4.78 is 12.3. The first-order valence-electron chi connectivity index (χ1n) is 10.1. The van der Waals surface area contributed by atoms with Crippen molar-refractivity contribution in [2.75, 3.05) is 0 Å². The maximum Gasteiger partial charge on any atom is 0.138 e. The third kappa shape index (κ3) is 4.66. The Kier molecular flexibility index (Phi) is 5.77. The van der Waals surface area contributed by atoms with Gasteiger partial charge in [0.25, 0.3) is 0 Å². The summed E-state index contributed by atoms with van der Waals surface area (Å²) in [5, 5.41) is 6.73. The van der Waals surface area contributed by atoms with Crippen molar-refractivity contribution in [2.24, 2.45) is 10.9 Å². The van der Waals surface area contributed by atoms with Crippen LogP contribution in [0.3, 0.4) is 0 Å². The van der Waals surface area contributed by atoms with Crippen LogP contribution in [0.1, 0.15) is 40.8 Å². The monoisotopic (exact) mass is 403 g/mol. The van der Waals surface area contributed by atoms with Gasteiger partial charge in [0.05, 0.1) is 17.9 Å². The van der Waals surface area contributed by atoms with Crippen LogP contribution >= 0.6 is 0 Å². The summed E-state index contributed by atoms with van der Waals surface area (Å²) in [5.41, 5.74) is 9.09. The van der Waals surface area contributed by atoms with Gasteiger partial charge in [-0.15, -0.1) is 4.48 Å². The number of allylic oxidation sites excluding steroid dienone is 2. The number of pyridine rings is 1. The molecule has 0 atom stereocenters. The Balaban J connectivity index is 1.57. The van der Waals surface area contributed by atoms with E-state index in [0.717, 1.165) is 46.2 Å². The highest BCUT2D eigenvalue weighted by molar-refractivity contribution is 6.05. The van der Waals surface area contributed by atoms with E-state index < -0.39 is 0 Å². The first kappa shape index (κ1) is 20.0. The molecule has 5 nitrogen and oxygen atoms in total. The van der Waals surface area contributed by atoms with Crippen molar-refractivity contribution in [1.82, 2.24) is 21.2 Å². The molecule has 2 aromatic rings. The van der Waals surface area contributed by atoms with E-state index in [0.29, 0.717) is 11.6 Å². The molecule has 0 amide bonds. The van der Waals surface area contributed by atoms with Crippen LogP contribution in [-0.2, 0) is 13.1 Å². The molecular formula is C24H26FN5. The molecule has 0 unspecified atom stereocenters. The van der Waals surface area contributed by atoms with Gasteiger partial charge in [-0.05, 0) is 61.1 Å². The first-order valence-corrected chi connectivity index (χ1v) is 10.1. The van der Waals surface area contributed by atoms with Crippen LogP contribution in [0.15, 0.2) is 72.1 Å². The molecule has 2 heterocycles. The largest absolute Gasteiger partial charge is 0.385 e. The van der Waals surface area contributed by atoms with Crippen LogP contribution in [0.25, 0.3) is 5.70 Å². The Hall–Kier alpha value is -3.25. The molecule has 0 saturated heterocycles. The number of halogens is 1. The van der Waals surface area contributed by atoms with Gasteiger partial charge in [0, 0.05) is 35.3 Å². The minimum atomic E-state index is 0.0787. The maximum atomic E-state index is 12.3. The van der Waals surface area contributed by atoms with Crippen molar-refractivity contribution in [3.05, 3.63) is 95.1 Å². The highest BCUT2D eigenvalue weighted by atomic mass is 19.2. The summed E-state index contributed by atoms with van der Waals surface area (Å²) in [5.74, 6) is 1.39. The van der Waals surface area contributed by atoms with E-state index in [-0.39, 0.29) is 6.54 Å². The van der Waals surface area contributed by atoms with Gasteiger partial charge in [0.2, 0.25) is 0 Å². The number of benzene rings is 1. The quantitative estimate of drug-likeness (QED) is 0.576. The molecule has 0 bridgehead atoms. The normalized spacial score (nSPS) is 15.9. The molecule has 4 rings (SSSR count). The lowest BCUT2D eigenvalue weighted by Crippen LogP contribution is -2.26. The third-order valence-corrected chi connectivity index (χ3v) is 5.34. The lowest BCUT2D eigenvalue weighted by molar-refractivity contribution is 0.327. The van der Waals surface area contributed by atoms with Crippen molar-refractivity contribution in [2.45, 2.75) is 32.9 Å². The molecule has 2 aliphatic rings. The van der Waals surface area contributed by atoms with E-state index in [2.05, 4.69) is 53.9 Å². The molecule has 154 valence electrons. The van der Waals surface area contributed by atoms with E-state index >= 15 is 0 Å². The molecule has 30 heavy (non-hydrogen) atoms. The summed E-state index contributed by atoms with van der Waals surface area (Å²) in [6.07, 6.45) is 6.06. The zero-order valence-electron chi connectivity index (χ0n) is 17.1. The predicted molar refractivity (Wildman–Crippen MR) is 119 cm³/mol. The Morgan fingerprint density at radius 2 is 2.07 bits per heavy atom. The molecule has 0 spiro atoms. The molecule has 1 aromatic carbocycles. The number of rotatable bonds is 8. The fourth-order valence-electron chi connectivity index (χ4n) is 3.38.